The van der Waals surface area contributed by atoms with E-state index in [9.17, 15) is 9.59 Å². The van der Waals surface area contributed by atoms with Gasteiger partial charge < -0.3 is 16.4 Å². The quantitative estimate of drug-likeness (QED) is 0.711. The fourth-order valence-electron chi connectivity index (χ4n) is 2.00. The fourth-order valence-corrected chi connectivity index (χ4v) is 2.00. The second-order valence-corrected chi connectivity index (χ2v) is 4.19. The van der Waals surface area contributed by atoms with E-state index in [2.05, 4.69) is 0 Å². The number of nitrogens with two attached hydrogens (primary N) is 2. The van der Waals surface area contributed by atoms with Crippen molar-refractivity contribution in [1.29, 1.82) is 5.26 Å². The zero-order valence-corrected chi connectivity index (χ0v) is 9.59. The van der Waals surface area contributed by atoms with Crippen molar-refractivity contribution < 1.29 is 9.59 Å². The molecule has 1 aliphatic heterocycles. The van der Waals surface area contributed by atoms with Gasteiger partial charge in [-0.05, 0) is 18.2 Å². The molecule has 1 unspecified atom stereocenters. The summed E-state index contributed by atoms with van der Waals surface area (Å²) >= 11 is 0. The van der Waals surface area contributed by atoms with E-state index in [1.165, 1.54) is 11.0 Å². The predicted molar refractivity (Wildman–Crippen MR) is 65.2 cm³/mol. The molecule has 0 radical (unpaired) electrons. The Morgan fingerprint density at radius 2 is 2.22 bits per heavy atom. The van der Waals surface area contributed by atoms with E-state index in [-0.39, 0.29) is 18.9 Å². The second-order valence-electron chi connectivity index (χ2n) is 4.19. The molecule has 1 aromatic rings. The highest BCUT2D eigenvalue weighted by atomic mass is 16.2. The molecule has 6 nitrogen and oxygen atoms in total. The Bertz CT molecular complexity index is 562. The van der Waals surface area contributed by atoms with Gasteiger partial charge in [0.05, 0.1) is 28.9 Å². The minimum absolute atomic E-state index is 0.106. The summed E-state index contributed by atoms with van der Waals surface area (Å²) in [5, 5.41) is 8.74. The number of carbonyl (C=O) groups excluding carboxylic acids is 2. The summed E-state index contributed by atoms with van der Waals surface area (Å²) in [5.41, 5.74) is 12.3. The maximum absolute atomic E-state index is 11.8. The lowest BCUT2D eigenvalue weighted by atomic mass is 10.1. The molecule has 6 heteroatoms. The average molecular weight is 244 g/mol. The Hall–Kier alpha value is -2.55. The van der Waals surface area contributed by atoms with Crippen LogP contribution in [0, 0.1) is 17.2 Å². The third-order valence-corrected chi connectivity index (χ3v) is 2.97. The Balaban J connectivity index is 2.30. The van der Waals surface area contributed by atoms with Gasteiger partial charge in [0.2, 0.25) is 11.8 Å². The largest absolute Gasteiger partial charge is 0.397 e. The van der Waals surface area contributed by atoms with Gasteiger partial charge in [-0.2, -0.15) is 5.26 Å². The number of rotatable bonds is 2. The Kier molecular flexibility index (Phi) is 2.90. The Morgan fingerprint density at radius 3 is 2.72 bits per heavy atom. The van der Waals surface area contributed by atoms with Crippen LogP contribution in [0.25, 0.3) is 0 Å². The molecule has 0 aromatic heterocycles. The molecule has 1 aliphatic rings. The molecule has 0 spiro atoms. The maximum atomic E-state index is 11.8. The molecule has 1 aromatic carbocycles. The van der Waals surface area contributed by atoms with Gasteiger partial charge in [-0.1, -0.05) is 0 Å². The summed E-state index contributed by atoms with van der Waals surface area (Å²) in [6.45, 7) is 0.240. The number of nitrogen functional groups attached to an aromatic ring is 1. The van der Waals surface area contributed by atoms with Gasteiger partial charge in [-0.3, -0.25) is 9.59 Å². The van der Waals surface area contributed by atoms with E-state index in [0.717, 1.165) is 0 Å². The smallest absolute Gasteiger partial charge is 0.227 e. The predicted octanol–water partition coefficient (Wildman–Crippen LogP) is -0.0213. The number of primary amides is 1. The van der Waals surface area contributed by atoms with Gasteiger partial charge in [0.25, 0.3) is 0 Å². The van der Waals surface area contributed by atoms with Gasteiger partial charge in [0.15, 0.2) is 0 Å². The van der Waals surface area contributed by atoms with E-state index < -0.39 is 11.8 Å². The summed E-state index contributed by atoms with van der Waals surface area (Å²) in [4.78, 5) is 24.3. The van der Waals surface area contributed by atoms with Gasteiger partial charge >= 0.3 is 0 Å². The lowest BCUT2D eigenvalue weighted by molar-refractivity contribution is -0.123. The van der Waals surface area contributed by atoms with Crippen molar-refractivity contribution in [2.24, 2.45) is 11.7 Å². The van der Waals surface area contributed by atoms with Crippen LogP contribution in [0.15, 0.2) is 18.2 Å². The molecule has 4 N–H and O–H groups in total. The van der Waals surface area contributed by atoms with Gasteiger partial charge in [-0.25, -0.2) is 0 Å². The highest BCUT2D eigenvalue weighted by Crippen LogP contribution is 2.30. The number of amides is 2. The van der Waals surface area contributed by atoms with E-state index in [0.29, 0.717) is 16.9 Å². The first-order chi connectivity index (χ1) is 8.52. The van der Waals surface area contributed by atoms with E-state index >= 15 is 0 Å². The minimum atomic E-state index is -0.488. The standard InChI is InChI=1S/C12H12N4O2/c13-5-7-1-2-10(9(14)3-7)16-6-8(12(15)18)4-11(16)17/h1-3,8H,4,6,14H2,(H2,15,18). The van der Waals surface area contributed by atoms with Crippen LogP contribution in [-0.4, -0.2) is 18.4 Å². The number of carbonyl (C=O) groups is 2. The first-order valence-corrected chi connectivity index (χ1v) is 5.42. The van der Waals surface area contributed by atoms with E-state index in [1.807, 2.05) is 6.07 Å². The highest BCUT2D eigenvalue weighted by Gasteiger charge is 2.34. The summed E-state index contributed by atoms with van der Waals surface area (Å²) in [5.74, 6) is -1.15. The molecule has 2 rings (SSSR count). The van der Waals surface area contributed by atoms with Crippen molar-refractivity contribution >= 4 is 23.2 Å². The topological polar surface area (TPSA) is 113 Å². The lowest BCUT2D eigenvalue weighted by Gasteiger charge is -2.18. The van der Waals surface area contributed by atoms with Crippen LogP contribution in [0.3, 0.4) is 0 Å². The number of benzene rings is 1. The van der Waals surface area contributed by atoms with Crippen LogP contribution in [0.2, 0.25) is 0 Å². The molecule has 1 saturated heterocycles. The summed E-state index contributed by atoms with van der Waals surface area (Å²) in [6, 6.07) is 6.65. The third kappa shape index (κ3) is 1.98. The lowest BCUT2D eigenvalue weighted by Crippen LogP contribution is -2.28. The number of nitriles is 1. The number of hydrogen-bond acceptors (Lipinski definition) is 4. The zero-order chi connectivity index (χ0) is 13.3. The second kappa shape index (κ2) is 4.37. The van der Waals surface area contributed by atoms with Crippen molar-refractivity contribution in [2.45, 2.75) is 6.42 Å². The molecule has 18 heavy (non-hydrogen) atoms. The molecular weight excluding hydrogens is 232 g/mol. The molecule has 1 heterocycles. The monoisotopic (exact) mass is 244 g/mol. The molecule has 1 fully saturated rings. The van der Waals surface area contributed by atoms with Crippen molar-refractivity contribution in [2.75, 3.05) is 17.2 Å². The number of hydrogen-bond donors (Lipinski definition) is 2. The van der Waals surface area contributed by atoms with Crippen molar-refractivity contribution in [1.82, 2.24) is 0 Å². The van der Waals surface area contributed by atoms with Crippen LogP contribution < -0.4 is 16.4 Å². The van der Waals surface area contributed by atoms with Crippen LogP contribution in [-0.2, 0) is 9.59 Å². The van der Waals surface area contributed by atoms with E-state index in [4.69, 9.17) is 16.7 Å². The molecule has 1 atom stereocenters. The fraction of sp³-hybridized carbons (Fsp3) is 0.250. The summed E-state index contributed by atoms with van der Waals surface area (Å²) < 4.78 is 0. The maximum Gasteiger partial charge on any atom is 0.227 e. The highest BCUT2D eigenvalue weighted by molar-refractivity contribution is 6.02. The minimum Gasteiger partial charge on any atom is -0.397 e. The summed E-state index contributed by atoms with van der Waals surface area (Å²) in [7, 11) is 0. The van der Waals surface area contributed by atoms with Gasteiger partial charge in [-0.15, -0.1) is 0 Å². The molecule has 2 amide bonds. The normalized spacial score (nSPS) is 18.7. The van der Waals surface area contributed by atoms with Crippen molar-refractivity contribution in [3.05, 3.63) is 23.8 Å². The van der Waals surface area contributed by atoms with Gasteiger partial charge in [0, 0.05) is 13.0 Å². The van der Waals surface area contributed by atoms with Crippen molar-refractivity contribution in [3.8, 4) is 6.07 Å². The zero-order valence-electron chi connectivity index (χ0n) is 9.59. The Morgan fingerprint density at radius 1 is 1.50 bits per heavy atom. The average Bonchev–Trinajstić information content (AvgIpc) is 2.71. The molecule has 92 valence electrons. The molecule has 0 bridgehead atoms. The summed E-state index contributed by atoms with van der Waals surface area (Å²) in [6.07, 6.45) is 0.106. The van der Waals surface area contributed by atoms with E-state index in [1.54, 1.807) is 12.1 Å². The van der Waals surface area contributed by atoms with Crippen LogP contribution in [0.4, 0.5) is 11.4 Å². The SMILES string of the molecule is N#Cc1ccc(N2CC(C(N)=O)CC2=O)c(N)c1. The van der Waals surface area contributed by atoms with Crippen molar-refractivity contribution in [3.63, 3.8) is 0 Å². The van der Waals surface area contributed by atoms with Crippen LogP contribution >= 0.6 is 0 Å². The molecule has 0 aliphatic carbocycles. The first-order valence-electron chi connectivity index (χ1n) is 5.42. The number of anilines is 2. The molecule has 0 saturated carbocycles. The third-order valence-electron chi connectivity index (χ3n) is 2.97. The number of nitrogens with zero attached hydrogens (tertiary/aromatic N) is 2. The Labute approximate surface area is 104 Å². The van der Waals surface area contributed by atoms with Gasteiger partial charge in [0.1, 0.15) is 0 Å². The van der Waals surface area contributed by atoms with Crippen LogP contribution in [0.5, 0.6) is 0 Å². The van der Waals surface area contributed by atoms with Crippen LogP contribution in [0.1, 0.15) is 12.0 Å². The molecular formula is C12H12N4O2. The first kappa shape index (κ1) is 11.9.